The zero-order valence-electron chi connectivity index (χ0n) is 9.34. The summed E-state index contributed by atoms with van der Waals surface area (Å²) in [5, 5.41) is 9.40. The summed E-state index contributed by atoms with van der Waals surface area (Å²) in [4.78, 5) is 36.2. The standard InChI is InChI=1S/C9H9ClN4O3S/c1-2-4-6(16)11-5(15)3-14(4)8(17)7-12-13-9(10)18-7/h4H,2-3H2,1H3,(H,11,15,16). The Morgan fingerprint density at radius 3 is 2.83 bits per heavy atom. The quantitative estimate of drug-likeness (QED) is 0.778. The van der Waals surface area contributed by atoms with Crippen LogP contribution in [0.1, 0.15) is 23.1 Å². The summed E-state index contributed by atoms with van der Waals surface area (Å²) in [7, 11) is 0. The van der Waals surface area contributed by atoms with E-state index in [1.165, 1.54) is 4.90 Å². The normalized spacial score (nSPS) is 19.9. The number of piperazine rings is 1. The zero-order valence-corrected chi connectivity index (χ0v) is 10.9. The van der Waals surface area contributed by atoms with E-state index in [1.54, 1.807) is 6.92 Å². The molecule has 0 bridgehead atoms. The van der Waals surface area contributed by atoms with E-state index in [-0.39, 0.29) is 16.0 Å². The minimum atomic E-state index is -0.669. The van der Waals surface area contributed by atoms with Crippen molar-refractivity contribution < 1.29 is 14.4 Å². The molecular weight excluding hydrogens is 280 g/mol. The lowest BCUT2D eigenvalue weighted by Crippen LogP contribution is -2.59. The third-order valence-corrected chi connectivity index (χ3v) is 3.49. The maximum atomic E-state index is 12.1. The lowest BCUT2D eigenvalue weighted by molar-refractivity contribution is -0.138. The molecule has 18 heavy (non-hydrogen) atoms. The van der Waals surface area contributed by atoms with E-state index in [9.17, 15) is 14.4 Å². The highest BCUT2D eigenvalue weighted by atomic mass is 35.5. The van der Waals surface area contributed by atoms with Crippen LogP contribution < -0.4 is 5.32 Å². The van der Waals surface area contributed by atoms with E-state index in [4.69, 9.17) is 11.6 Å². The Bertz CT molecular complexity index is 518. The fourth-order valence-electron chi connectivity index (χ4n) is 1.70. The SMILES string of the molecule is CCC1C(=O)NC(=O)CN1C(=O)c1nnc(Cl)s1. The lowest BCUT2D eigenvalue weighted by atomic mass is 10.1. The Kier molecular flexibility index (Phi) is 3.58. The first kappa shape index (κ1) is 12.9. The van der Waals surface area contributed by atoms with Crippen molar-refractivity contribution in [3.05, 3.63) is 9.47 Å². The van der Waals surface area contributed by atoms with Gasteiger partial charge >= 0.3 is 0 Å². The van der Waals surface area contributed by atoms with Gasteiger partial charge in [0.25, 0.3) is 5.91 Å². The molecule has 9 heteroatoms. The van der Waals surface area contributed by atoms with Gasteiger partial charge in [-0.05, 0) is 18.0 Å². The van der Waals surface area contributed by atoms with Gasteiger partial charge in [0.15, 0.2) is 0 Å². The molecular formula is C9H9ClN4O3S. The predicted octanol–water partition coefficient (Wildman–Crippen LogP) is 0.0687. The molecule has 1 N–H and O–H groups in total. The van der Waals surface area contributed by atoms with Crippen LogP contribution in [0.3, 0.4) is 0 Å². The van der Waals surface area contributed by atoms with Crippen molar-refractivity contribution in [1.29, 1.82) is 0 Å². The molecule has 96 valence electrons. The van der Waals surface area contributed by atoms with Crippen LogP contribution in [0.5, 0.6) is 0 Å². The molecule has 0 aromatic carbocycles. The minimum Gasteiger partial charge on any atom is -0.315 e. The van der Waals surface area contributed by atoms with Crippen LogP contribution in [0.15, 0.2) is 0 Å². The second kappa shape index (κ2) is 4.99. The summed E-state index contributed by atoms with van der Waals surface area (Å²) in [6, 6.07) is -0.669. The summed E-state index contributed by atoms with van der Waals surface area (Å²) >= 11 is 6.51. The topological polar surface area (TPSA) is 92.3 Å². The fourth-order valence-corrected chi connectivity index (χ4v) is 2.48. The molecule has 1 fully saturated rings. The highest BCUT2D eigenvalue weighted by Gasteiger charge is 2.37. The van der Waals surface area contributed by atoms with E-state index in [1.807, 2.05) is 0 Å². The van der Waals surface area contributed by atoms with E-state index in [0.717, 1.165) is 11.3 Å². The highest BCUT2D eigenvalue weighted by molar-refractivity contribution is 7.17. The van der Waals surface area contributed by atoms with Crippen LogP contribution in [-0.2, 0) is 9.59 Å². The number of nitrogens with zero attached hydrogens (tertiary/aromatic N) is 3. The van der Waals surface area contributed by atoms with Crippen molar-refractivity contribution in [2.45, 2.75) is 19.4 Å². The first-order valence-electron chi connectivity index (χ1n) is 5.16. The molecule has 2 heterocycles. The van der Waals surface area contributed by atoms with Crippen molar-refractivity contribution >= 4 is 40.7 Å². The van der Waals surface area contributed by atoms with Crippen molar-refractivity contribution in [3.63, 3.8) is 0 Å². The number of amides is 3. The largest absolute Gasteiger partial charge is 0.315 e. The van der Waals surface area contributed by atoms with Crippen LogP contribution in [0.2, 0.25) is 4.47 Å². The second-order valence-electron chi connectivity index (χ2n) is 3.63. The fraction of sp³-hybridized carbons (Fsp3) is 0.444. The lowest BCUT2D eigenvalue weighted by Gasteiger charge is -2.32. The Hall–Kier alpha value is -1.54. The Morgan fingerprint density at radius 1 is 1.56 bits per heavy atom. The van der Waals surface area contributed by atoms with Crippen molar-refractivity contribution in [2.24, 2.45) is 0 Å². The summed E-state index contributed by atoms with van der Waals surface area (Å²) in [5.41, 5.74) is 0. The third-order valence-electron chi connectivity index (χ3n) is 2.49. The zero-order chi connectivity index (χ0) is 13.3. The molecule has 1 atom stereocenters. The molecule has 7 nitrogen and oxygen atoms in total. The molecule has 0 radical (unpaired) electrons. The number of halogens is 1. The maximum Gasteiger partial charge on any atom is 0.286 e. The van der Waals surface area contributed by atoms with Gasteiger partial charge in [0.2, 0.25) is 21.3 Å². The number of rotatable bonds is 2. The predicted molar refractivity (Wildman–Crippen MR) is 63.2 cm³/mol. The average molecular weight is 289 g/mol. The average Bonchev–Trinajstić information content (AvgIpc) is 2.74. The third kappa shape index (κ3) is 2.34. The summed E-state index contributed by atoms with van der Waals surface area (Å²) in [6.45, 7) is 1.59. The van der Waals surface area contributed by atoms with Crippen LogP contribution in [0.4, 0.5) is 0 Å². The van der Waals surface area contributed by atoms with Gasteiger partial charge in [0.05, 0.1) is 0 Å². The summed E-state index contributed by atoms with van der Waals surface area (Å²) in [5.74, 6) is -1.49. The van der Waals surface area contributed by atoms with Gasteiger partial charge in [-0.25, -0.2) is 0 Å². The van der Waals surface area contributed by atoms with E-state index < -0.39 is 23.8 Å². The smallest absolute Gasteiger partial charge is 0.286 e. The van der Waals surface area contributed by atoms with Crippen LogP contribution in [0, 0.1) is 0 Å². The number of imide groups is 1. The van der Waals surface area contributed by atoms with Gasteiger partial charge in [-0.3, -0.25) is 19.7 Å². The molecule has 2 rings (SSSR count). The Labute approximate surface area is 111 Å². The molecule has 1 aromatic heterocycles. The number of hydrogen-bond donors (Lipinski definition) is 1. The molecule has 0 saturated carbocycles. The van der Waals surface area contributed by atoms with Crippen molar-refractivity contribution in [2.75, 3.05) is 6.54 Å². The summed E-state index contributed by atoms with van der Waals surface area (Å²) in [6.07, 6.45) is 0.414. The molecule has 1 aliphatic rings. The maximum absolute atomic E-state index is 12.1. The Balaban J connectivity index is 2.26. The molecule has 1 saturated heterocycles. The van der Waals surface area contributed by atoms with E-state index in [0.29, 0.717) is 6.42 Å². The Morgan fingerprint density at radius 2 is 2.28 bits per heavy atom. The first-order chi connectivity index (χ1) is 8.52. The number of hydrogen-bond acceptors (Lipinski definition) is 6. The molecule has 1 aliphatic heterocycles. The monoisotopic (exact) mass is 288 g/mol. The van der Waals surface area contributed by atoms with Crippen molar-refractivity contribution in [3.8, 4) is 0 Å². The van der Waals surface area contributed by atoms with Crippen molar-refractivity contribution in [1.82, 2.24) is 20.4 Å². The molecule has 0 aliphatic carbocycles. The molecule has 1 unspecified atom stereocenters. The van der Waals surface area contributed by atoms with E-state index >= 15 is 0 Å². The molecule has 3 amide bonds. The first-order valence-corrected chi connectivity index (χ1v) is 6.36. The number of aromatic nitrogens is 2. The van der Waals surface area contributed by atoms with Gasteiger partial charge in [0.1, 0.15) is 12.6 Å². The van der Waals surface area contributed by atoms with Gasteiger partial charge < -0.3 is 4.90 Å². The van der Waals surface area contributed by atoms with Gasteiger partial charge in [-0.1, -0.05) is 18.3 Å². The van der Waals surface area contributed by atoms with Crippen LogP contribution in [0.25, 0.3) is 0 Å². The van der Waals surface area contributed by atoms with Crippen LogP contribution >= 0.6 is 22.9 Å². The molecule has 0 spiro atoms. The highest BCUT2D eigenvalue weighted by Crippen LogP contribution is 2.19. The van der Waals surface area contributed by atoms with E-state index in [2.05, 4.69) is 15.5 Å². The summed E-state index contributed by atoms with van der Waals surface area (Å²) < 4.78 is 0.138. The second-order valence-corrected chi connectivity index (χ2v) is 5.19. The van der Waals surface area contributed by atoms with Gasteiger partial charge in [0, 0.05) is 0 Å². The van der Waals surface area contributed by atoms with Gasteiger partial charge in [-0.2, -0.15) is 0 Å². The van der Waals surface area contributed by atoms with Crippen LogP contribution in [-0.4, -0.2) is 45.4 Å². The minimum absolute atomic E-state index is 0.0703. The number of nitrogens with one attached hydrogen (secondary N) is 1. The number of carbonyl (C=O) groups excluding carboxylic acids is 3. The van der Waals surface area contributed by atoms with Gasteiger partial charge in [-0.15, -0.1) is 10.2 Å². The number of carbonyl (C=O) groups is 3. The molecule has 1 aromatic rings.